The van der Waals surface area contributed by atoms with E-state index in [1.807, 2.05) is 30.3 Å². The zero-order chi connectivity index (χ0) is 17.8. The zero-order valence-electron chi connectivity index (χ0n) is 13.8. The number of esters is 1. The largest absolute Gasteiger partial charge is 0.429 e. The van der Waals surface area contributed by atoms with Gasteiger partial charge in [-0.05, 0) is 37.3 Å². The summed E-state index contributed by atoms with van der Waals surface area (Å²) in [5.74, 6) is -0.294. The Morgan fingerprint density at radius 1 is 1.08 bits per heavy atom. The van der Waals surface area contributed by atoms with E-state index in [2.05, 4.69) is 10.3 Å². The molecule has 3 aromatic rings. The summed E-state index contributed by atoms with van der Waals surface area (Å²) in [6.07, 6.45) is 0. The lowest BCUT2D eigenvalue weighted by atomic mass is 10.2. The number of carbonyl (C=O) groups excluding carboxylic acids is 2. The van der Waals surface area contributed by atoms with Gasteiger partial charge in [-0.2, -0.15) is 0 Å². The second kappa shape index (κ2) is 7.00. The average Bonchev–Trinajstić information content (AvgIpc) is 3.04. The van der Waals surface area contributed by atoms with Crippen LogP contribution in [0.1, 0.15) is 26.6 Å². The number of nitrogens with one attached hydrogen (secondary N) is 1. The molecule has 0 unspecified atom stereocenters. The highest BCUT2D eigenvalue weighted by Crippen LogP contribution is 2.23. The summed E-state index contributed by atoms with van der Waals surface area (Å²) in [4.78, 5) is 28.3. The van der Waals surface area contributed by atoms with Gasteiger partial charge in [-0.25, -0.2) is 9.78 Å². The molecule has 2 aromatic carbocycles. The fourth-order valence-electron chi connectivity index (χ4n) is 2.29. The van der Waals surface area contributed by atoms with Crippen molar-refractivity contribution >= 4 is 11.9 Å². The molecule has 3 rings (SSSR count). The predicted molar refractivity (Wildman–Crippen MR) is 91.5 cm³/mol. The molecule has 0 aliphatic heterocycles. The van der Waals surface area contributed by atoms with E-state index in [4.69, 9.17) is 9.15 Å². The molecule has 0 aliphatic carbocycles. The third kappa shape index (κ3) is 3.58. The van der Waals surface area contributed by atoms with E-state index in [1.165, 1.54) is 13.1 Å². The molecule has 0 fully saturated rings. The number of nitrogens with zero attached hydrogens (tertiary/aromatic N) is 1. The molecule has 1 N–H and O–H groups in total. The standard InChI is InChI=1S/C19H16N2O4/c1-12-16(25-18(21-12)13-7-4-3-5-8-13)19(23)24-15-10-6-9-14(11-15)17(22)20-2/h3-11H,1-2H3,(H,20,22). The van der Waals surface area contributed by atoms with Crippen molar-refractivity contribution < 1.29 is 18.7 Å². The fraction of sp³-hybridized carbons (Fsp3) is 0.105. The summed E-state index contributed by atoms with van der Waals surface area (Å²) in [6.45, 7) is 1.67. The third-order valence-corrected chi connectivity index (χ3v) is 3.54. The van der Waals surface area contributed by atoms with Gasteiger partial charge in [-0.1, -0.05) is 24.3 Å². The number of amides is 1. The molecule has 25 heavy (non-hydrogen) atoms. The lowest BCUT2D eigenvalue weighted by Gasteiger charge is -2.05. The monoisotopic (exact) mass is 336 g/mol. The minimum absolute atomic E-state index is 0.0317. The first-order chi connectivity index (χ1) is 12.1. The predicted octanol–water partition coefficient (Wildman–Crippen LogP) is 3.23. The number of ether oxygens (including phenoxy) is 1. The number of hydrogen-bond acceptors (Lipinski definition) is 5. The normalized spacial score (nSPS) is 10.3. The van der Waals surface area contributed by atoms with Crippen LogP contribution in [0.5, 0.6) is 5.75 Å². The van der Waals surface area contributed by atoms with Gasteiger partial charge in [0.1, 0.15) is 5.75 Å². The summed E-state index contributed by atoms with van der Waals surface area (Å²) in [6, 6.07) is 15.6. The van der Waals surface area contributed by atoms with Gasteiger partial charge in [-0.15, -0.1) is 0 Å². The van der Waals surface area contributed by atoms with Gasteiger partial charge in [0.2, 0.25) is 11.7 Å². The van der Waals surface area contributed by atoms with Crippen LogP contribution in [0.3, 0.4) is 0 Å². The van der Waals surface area contributed by atoms with Crippen molar-refractivity contribution in [3.63, 3.8) is 0 Å². The van der Waals surface area contributed by atoms with Gasteiger partial charge >= 0.3 is 5.97 Å². The van der Waals surface area contributed by atoms with Crippen LogP contribution in [-0.2, 0) is 0 Å². The molecule has 0 bridgehead atoms. The lowest BCUT2D eigenvalue weighted by molar-refractivity contribution is 0.0700. The number of benzene rings is 2. The molecule has 1 amide bonds. The molecular formula is C19H16N2O4. The Morgan fingerprint density at radius 2 is 1.84 bits per heavy atom. The minimum Gasteiger partial charge on any atom is -0.429 e. The first-order valence-electron chi connectivity index (χ1n) is 7.65. The van der Waals surface area contributed by atoms with Crippen LogP contribution in [0.15, 0.2) is 59.0 Å². The second-order valence-electron chi connectivity index (χ2n) is 5.30. The summed E-state index contributed by atoms with van der Waals surface area (Å²) in [5.41, 5.74) is 1.60. The summed E-state index contributed by atoms with van der Waals surface area (Å²) in [7, 11) is 1.53. The molecule has 0 saturated heterocycles. The van der Waals surface area contributed by atoms with E-state index in [1.54, 1.807) is 25.1 Å². The number of oxazole rings is 1. The molecule has 126 valence electrons. The molecule has 6 heteroatoms. The molecule has 6 nitrogen and oxygen atoms in total. The molecule has 0 saturated carbocycles. The van der Waals surface area contributed by atoms with Crippen molar-refractivity contribution in [2.45, 2.75) is 6.92 Å². The Morgan fingerprint density at radius 3 is 2.56 bits per heavy atom. The number of aromatic nitrogens is 1. The Balaban J connectivity index is 1.83. The van der Waals surface area contributed by atoms with Gasteiger partial charge in [0.15, 0.2) is 0 Å². The van der Waals surface area contributed by atoms with Gasteiger partial charge in [-0.3, -0.25) is 4.79 Å². The lowest BCUT2D eigenvalue weighted by Crippen LogP contribution is -2.18. The van der Waals surface area contributed by atoms with E-state index in [0.29, 0.717) is 17.1 Å². The Bertz CT molecular complexity index is 916. The van der Waals surface area contributed by atoms with Crippen LogP contribution >= 0.6 is 0 Å². The van der Waals surface area contributed by atoms with Crippen molar-refractivity contribution in [2.75, 3.05) is 7.05 Å². The first kappa shape index (κ1) is 16.4. The Hall–Kier alpha value is -3.41. The van der Waals surface area contributed by atoms with Crippen molar-refractivity contribution in [3.8, 4) is 17.2 Å². The highest BCUT2D eigenvalue weighted by atomic mass is 16.5. The van der Waals surface area contributed by atoms with Crippen molar-refractivity contribution in [2.24, 2.45) is 0 Å². The topological polar surface area (TPSA) is 81.4 Å². The van der Waals surface area contributed by atoms with E-state index < -0.39 is 5.97 Å². The molecule has 0 atom stereocenters. The molecule has 1 heterocycles. The van der Waals surface area contributed by atoms with Crippen LogP contribution < -0.4 is 10.1 Å². The smallest absolute Gasteiger partial charge is 0.381 e. The van der Waals surface area contributed by atoms with E-state index >= 15 is 0 Å². The highest BCUT2D eigenvalue weighted by molar-refractivity contribution is 5.95. The molecular weight excluding hydrogens is 320 g/mol. The maximum Gasteiger partial charge on any atom is 0.381 e. The number of hydrogen-bond donors (Lipinski definition) is 1. The summed E-state index contributed by atoms with van der Waals surface area (Å²) in [5, 5.41) is 2.52. The zero-order valence-corrected chi connectivity index (χ0v) is 13.8. The van der Waals surface area contributed by atoms with Crippen molar-refractivity contribution in [3.05, 3.63) is 71.6 Å². The van der Waals surface area contributed by atoms with E-state index in [-0.39, 0.29) is 17.4 Å². The van der Waals surface area contributed by atoms with Crippen LogP contribution in [0.4, 0.5) is 0 Å². The van der Waals surface area contributed by atoms with Crippen LogP contribution in [0.2, 0.25) is 0 Å². The maximum atomic E-state index is 12.4. The van der Waals surface area contributed by atoms with E-state index in [9.17, 15) is 9.59 Å². The minimum atomic E-state index is -0.666. The quantitative estimate of drug-likeness (QED) is 0.584. The molecule has 0 radical (unpaired) electrons. The molecule has 0 aliphatic rings. The van der Waals surface area contributed by atoms with Gasteiger partial charge < -0.3 is 14.5 Å². The van der Waals surface area contributed by atoms with E-state index in [0.717, 1.165) is 5.56 Å². The second-order valence-corrected chi connectivity index (χ2v) is 5.30. The highest BCUT2D eigenvalue weighted by Gasteiger charge is 2.20. The van der Waals surface area contributed by atoms with Gasteiger partial charge in [0, 0.05) is 18.2 Å². The first-order valence-corrected chi connectivity index (χ1v) is 7.65. The fourth-order valence-corrected chi connectivity index (χ4v) is 2.29. The Labute approximate surface area is 144 Å². The van der Waals surface area contributed by atoms with Gasteiger partial charge in [0.25, 0.3) is 5.91 Å². The maximum absolute atomic E-state index is 12.4. The SMILES string of the molecule is CNC(=O)c1cccc(OC(=O)c2oc(-c3ccccc3)nc2C)c1. The van der Waals surface area contributed by atoms with Crippen molar-refractivity contribution in [1.82, 2.24) is 10.3 Å². The van der Waals surface area contributed by atoms with Crippen molar-refractivity contribution in [1.29, 1.82) is 0 Å². The summed E-state index contributed by atoms with van der Waals surface area (Å²) >= 11 is 0. The molecule has 1 aromatic heterocycles. The number of rotatable bonds is 4. The van der Waals surface area contributed by atoms with Crippen LogP contribution in [0.25, 0.3) is 11.5 Å². The summed E-state index contributed by atoms with van der Waals surface area (Å²) < 4.78 is 10.9. The number of aryl methyl sites for hydroxylation is 1. The molecule has 0 spiro atoms. The van der Waals surface area contributed by atoms with Crippen LogP contribution in [-0.4, -0.2) is 23.9 Å². The van der Waals surface area contributed by atoms with Crippen LogP contribution in [0, 0.1) is 6.92 Å². The number of carbonyl (C=O) groups is 2. The third-order valence-electron chi connectivity index (χ3n) is 3.54. The Kier molecular flexibility index (Phi) is 4.61. The average molecular weight is 336 g/mol. The van der Waals surface area contributed by atoms with Gasteiger partial charge in [0.05, 0.1) is 5.69 Å².